The summed E-state index contributed by atoms with van der Waals surface area (Å²) in [7, 11) is 3.43. The molecule has 0 fully saturated rings. The maximum atomic E-state index is 11.6. The minimum atomic E-state index is -0.0457. The average molecular weight is 182 g/mol. The molecule has 1 amide bonds. The SMILES string of the molecule is CCc1noc(C)c1C(=O)N(C)C. The van der Waals surface area contributed by atoms with Crippen LogP contribution in [0.2, 0.25) is 0 Å². The molecule has 0 unspecified atom stereocenters. The van der Waals surface area contributed by atoms with Crippen LogP contribution in [-0.4, -0.2) is 30.1 Å². The van der Waals surface area contributed by atoms with Crippen LogP contribution in [0.15, 0.2) is 4.52 Å². The van der Waals surface area contributed by atoms with Crippen molar-refractivity contribution in [3.63, 3.8) is 0 Å². The maximum Gasteiger partial charge on any atom is 0.258 e. The van der Waals surface area contributed by atoms with Gasteiger partial charge in [0.05, 0.1) is 5.69 Å². The Bertz CT molecular complexity index is 315. The van der Waals surface area contributed by atoms with E-state index in [9.17, 15) is 4.79 Å². The number of nitrogens with zero attached hydrogens (tertiary/aromatic N) is 2. The maximum absolute atomic E-state index is 11.6. The molecule has 0 saturated heterocycles. The Morgan fingerprint density at radius 1 is 1.54 bits per heavy atom. The Hall–Kier alpha value is -1.32. The lowest BCUT2D eigenvalue weighted by atomic mass is 10.1. The van der Waals surface area contributed by atoms with E-state index in [0.717, 1.165) is 5.69 Å². The van der Waals surface area contributed by atoms with E-state index in [0.29, 0.717) is 17.7 Å². The van der Waals surface area contributed by atoms with Crippen molar-refractivity contribution in [1.82, 2.24) is 10.1 Å². The van der Waals surface area contributed by atoms with Crippen LogP contribution in [0.5, 0.6) is 0 Å². The van der Waals surface area contributed by atoms with Gasteiger partial charge in [-0.1, -0.05) is 12.1 Å². The number of amides is 1. The number of aryl methyl sites for hydroxylation is 2. The number of rotatable bonds is 2. The fourth-order valence-corrected chi connectivity index (χ4v) is 1.16. The van der Waals surface area contributed by atoms with E-state index in [1.807, 2.05) is 6.92 Å². The first-order valence-corrected chi connectivity index (χ1v) is 4.24. The van der Waals surface area contributed by atoms with Gasteiger partial charge in [0, 0.05) is 14.1 Å². The zero-order valence-electron chi connectivity index (χ0n) is 8.42. The summed E-state index contributed by atoms with van der Waals surface area (Å²) in [5.74, 6) is 0.547. The Morgan fingerprint density at radius 3 is 2.62 bits per heavy atom. The minimum absolute atomic E-state index is 0.0457. The smallest absolute Gasteiger partial charge is 0.258 e. The summed E-state index contributed by atoms with van der Waals surface area (Å²) in [5, 5.41) is 3.82. The molecule has 0 aliphatic rings. The third-order valence-corrected chi connectivity index (χ3v) is 1.89. The highest BCUT2D eigenvalue weighted by Crippen LogP contribution is 2.15. The van der Waals surface area contributed by atoms with Gasteiger partial charge in [0.2, 0.25) is 0 Å². The highest BCUT2D eigenvalue weighted by Gasteiger charge is 2.19. The van der Waals surface area contributed by atoms with Crippen molar-refractivity contribution in [2.45, 2.75) is 20.3 Å². The molecule has 0 radical (unpaired) electrons. The Labute approximate surface area is 77.5 Å². The molecule has 0 aliphatic carbocycles. The molecule has 1 heterocycles. The van der Waals surface area contributed by atoms with E-state index in [4.69, 9.17) is 4.52 Å². The van der Waals surface area contributed by atoms with Gasteiger partial charge in [-0.25, -0.2) is 0 Å². The molecular weight excluding hydrogens is 168 g/mol. The first kappa shape index (κ1) is 9.77. The second-order valence-electron chi connectivity index (χ2n) is 3.11. The fourth-order valence-electron chi connectivity index (χ4n) is 1.16. The summed E-state index contributed by atoms with van der Waals surface area (Å²) in [5.41, 5.74) is 1.34. The molecule has 0 N–H and O–H groups in total. The molecule has 0 atom stereocenters. The highest BCUT2D eigenvalue weighted by molar-refractivity contribution is 5.95. The van der Waals surface area contributed by atoms with Crippen LogP contribution in [0.3, 0.4) is 0 Å². The molecule has 4 heteroatoms. The zero-order chi connectivity index (χ0) is 10.0. The van der Waals surface area contributed by atoms with Gasteiger partial charge >= 0.3 is 0 Å². The molecule has 0 bridgehead atoms. The summed E-state index contributed by atoms with van der Waals surface area (Å²) >= 11 is 0. The van der Waals surface area contributed by atoms with E-state index >= 15 is 0 Å². The molecule has 1 rings (SSSR count). The van der Waals surface area contributed by atoms with Crippen LogP contribution >= 0.6 is 0 Å². The molecule has 0 aromatic carbocycles. The lowest BCUT2D eigenvalue weighted by Gasteiger charge is -2.09. The number of hydrogen-bond acceptors (Lipinski definition) is 3. The van der Waals surface area contributed by atoms with Crippen LogP contribution in [0.1, 0.15) is 28.7 Å². The van der Waals surface area contributed by atoms with Crippen LogP contribution < -0.4 is 0 Å². The van der Waals surface area contributed by atoms with Crippen molar-refractivity contribution in [3.8, 4) is 0 Å². The van der Waals surface area contributed by atoms with Gasteiger partial charge in [0.15, 0.2) is 0 Å². The second-order valence-corrected chi connectivity index (χ2v) is 3.11. The van der Waals surface area contributed by atoms with Crippen molar-refractivity contribution < 1.29 is 9.32 Å². The Kier molecular flexibility index (Phi) is 2.70. The Balaban J connectivity index is 3.11. The van der Waals surface area contributed by atoms with Crippen LogP contribution in [0.25, 0.3) is 0 Å². The van der Waals surface area contributed by atoms with Gasteiger partial charge < -0.3 is 9.42 Å². The molecule has 0 spiro atoms. The van der Waals surface area contributed by atoms with Gasteiger partial charge in [-0.2, -0.15) is 0 Å². The van der Waals surface area contributed by atoms with Gasteiger partial charge in [-0.05, 0) is 13.3 Å². The number of aromatic nitrogens is 1. The van der Waals surface area contributed by atoms with E-state index in [1.165, 1.54) is 4.90 Å². The number of carbonyl (C=O) groups is 1. The number of carbonyl (C=O) groups excluding carboxylic acids is 1. The van der Waals surface area contributed by atoms with Gasteiger partial charge in [0.25, 0.3) is 5.91 Å². The van der Waals surface area contributed by atoms with E-state index in [-0.39, 0.29) is 5.91 Å². The first-order valence-electron chi connectivity index (χ1n) is 4.24. The highest BCUT2D eigenvalue weighted by atomic mass is 16.5. The molecule has 13 heavy (non-hydrogen) atoms. The summed E-state index contributed by atoms with van der Waals surface area (Å²) < 4.78 is 4.96. The third kappa shape index (κ3) is 1.71. The predicted molar refractivity (Wildman–Crippen MR) is 48.6 cm³/mol. The first-order chi connectivity index (χ1) is 6.07. The molecular formula is C9H14N2O2. The quantitative estimate of drug-likeness (QED) is 0.691. The van der Waals surface area contributed by atoms with Gasteiger partial charge in [0.1, 0.15) is 11.3 Å². The van der Waals surface area contributed by atoms with E-state index in [2.05, 4.69) is 5.16 Å². The lowest BCUT2D eigenvalue weighted by molar-refractivity contribution is 0.0825. The molecule has 1 aromatic heterocycles. The standard InChI is InChI=1S/C9H14N2O2/c1-5-7-8(6(2)13-10-7)9(12)11(3)4/h5H2,1-4H3. The molecule has 72 valence electrons. The fraction of sp³-hybridized carbons (Fsp3) is 0.556. The predicted octanol–water partition coefficient (Wildman–Crippen LogP) is 1.25. The average Bonchev–Trinajstić information content (AvgIpc) is 2.45. The topological polar surface area (TPSA) is 46.3 Å². The lowest BCUT2D eigenvalue weighted by Crippen LogP contribution is -2.23. The van der Waals surface area contributed by atoms with Crippen molar-refractivity contribution in [1.29, 1.82) is 0 Å². The minimum Gasteiger partial charge on any atom is -0.361 e. The summed E-state index contributed by atoms with van der Waals surface area (Å²) in [6.45, 7) is 3.70. The van der Waals surface area contributed by atoms with E-state index in [1.54, 1.807) is 21.0 Å². The van der Waals surface area contributed by atoms with Crippen LogP contribution in [0, 0.1) is 6.92 Å². The monoisotopic (exact) mass is 182 g/mol. The normalized spacial score (nSPS) is 10.2. The van der Waals surface area contributed by atoms with Crippen molar-refractivity contribution >= 4 is 5.91 Å². The molecule has 0 saturated carbocycles. The summed E-state index contributed by atoms with van der Waals surface area (Å²) in [4.78, 5) is 13.2. The third-order valence-electron chi connectivity index (χ3n) is 1.89. The number of hydrogen-bond donors (Lipinski definition) is 0. The Morgan fingerprint density at radius 2 is 2.15 bits per heavy atom. The largest absolute Gasteiger partial charge is 0.361 e. The summed E-state index contributed by atoms with van der Waals surface area (Å²) in [6.07, 6.45) is 0.715. The molecule has 1 aromatic rings. The molecule has 0 aliphatic heterocycles. The van der Waals surface area contributed by atoms with Gasteiger partial charge in [-0.15, -0.1) is 0 Å². The zero-order valence-corrected chi connectivity index (χ0v) is 8.42. The molecule has 4 nitrogen and oxygen atoms in total. The van der Waals surface area contributed by atoms with E-state index < -0.39 is 0 Å². The second kappa shape index (κ2) is 3.60. The van der Waals surface area contributed by atoms with Gasteiger partial charge in [-0.3, -0.25) is 4.79 Å². The van der Waals surface area contributed by atoms with Crippen molar-refractivity contribution in [2.24, 2.45) is 0 Å². The van der Waals surface area contributed by atoms with Crippen molar-refractivity contribution in [2.75, 3.05) is 14.1 Å². The van der Waals surface area contributed by atoms with Crippen LogP contribution in [0.4, 0.5) is 0 Å². The van der Waals surface area contributed by atoms with Crippen LogP contribution in [-0.2, 0) is 6.42 Å². The van der Waals surface area contributed by atoms with Crippen molar-refractivity contribution in [3.05, 3.63) is 17.0 Å². The summed E-state index contributed by atoms with van der Waals surface area (Å²) in [6, 6.07) is 0.